The van der Waals surface area contributed by atoms with Gasteiger partial charge in [-0.05, 0) is 12.8 Å². The van der Waals surface area contributed by atoms with Crippen molar-refractivity contribution in [2.45, 2.75) is 12.8 Å². The van der Waals surface area contributed by atoms with Crippen molar-refractivity contribution in [2.75, 3.05) is 78.5 Å². The Morgan fingerprint density at radius 2 is 0.588 bits per heavy atom. The van der Waals surface area contributed by atoms with Gasteiger partial charge in [0.25, 0.3) is 0 Å². The molecule has 1 saturated heterocycles. The number of halogens is 4. The molecule has 0 unspecified atom stereocenters. The molecule has 0 radical (unpaired) electrons. The van der Waals surface area contributed by atoms with Crippen LogP contribution in [-0.2, 0) is 19.2 Å². The van der Waals surface area contributed by atoms with Gasteiger partial charge in [0.15, 0.2) is 0 Å². The van der Waals surface area contributed by atoms with Gasteiger partial charge >= 0.3 is 23.9 Å². The molecule has 0 bridgehead atoms. The molecule has 0 atom stereocenters. The van der Waals surface area contributed by atoms with Gasteiger partial charge in [0, 0.05) is 52.4 Å². The second kappa shape index (κ2) is 22.4. The van der Waals surface area contributed by atoms with Crippen LogP contribution in [0.3, 0.4) is 0 Å². The lowest BCUT2D eigenvalue weighted by Crippen LogP contribution is -2.44. The Hall–Kier alpha value is -1.12. The fraction of sp³-hybridized carbons (Fsp3) is 0.778. The standard InChI is InChI=1S/C18H32N4O8.4ClH/c23-15(24)11-19-3-1-4-20(12-16(25)26)8-10-22(14-18(29)30)6-2-5-21(9-7-19)13-17(27)28;;;;/h1-14H2,(H,23,24)(H,25,26)(H,27,28)(H,29,30);4*1H. The number of rotatable bonds is 8. The smallest absolute Gasteiger partial charge is 0.317 e. The summed E-state index contributed by atoms with van der Waals surface area (Å²) in [6, 6.07) is 0. The minimum absolute atomic E-state index is 0. The van der Waals surface area contributed by atoms with E-state index in [1.54, 1.807) is 19.6 Å². The summed E-state index contributed by atoms with van der Waals surface area (Å²) in [6.07, 6.45) is 1.08. The van der Waals surface area contributed by atoms with Gasteiger partial charge < -0.3 is 20.4 Å². The average molecular weight is 578 g/mol. The van der Waals surface area contributed by atoms with Gasteiger partial charge in [-0.25, -0.2) is 0 Å². The fourth-order valence-corrected chi connectivity index (χ4v) is 3.45. The van der Waals surface area contributed by atoms with Gasteiger partial charge in [0.05, 0.1) is 26.2 Å². The van der Waals surface area contributed by atoms with Crippen LogP contribution >= 0.6 is 49.6 Å². The second-order valence-electron chi connectivity index (χ2n) is 7.39. The van der Waals surface area contributed by atoms with E-state index in [1.807, 2.05) is 0 Å². The van der Waals surface area contributed by atoms with E-state index in [4.69, 9.17) is 20.4 Å². The molecule has 0 saturated carbocycles. The van der Waals surface area contributed by atoms with E-state index in [1.165, 1.54) is 0 Å². The number of carboxylic acids is 4. The summed E-state index contributed by atoms with van der Waals surface area (Å²) in [4.78, 5) is 51.5. The van der Waals surface area contributed by atoms with Gasteiger partial charge in [-0.3, -0.25) is 38.8 Å². The van der Waals surface area contributed by atoms with Crippen molar-refractivity contribution in [2.24, 2.45) is 0 Å². The maximum atomic E-state index is 11.1. The van der Waals surface area contributed by atoms with Crippen molar-refractivity contribution in [3.05, 3.63) is 0 Å². The highest BCUT2D eigenvalue weighted by Crippen LogP contribution is 2.03. The lowest BCUT2D eigenvalue weighted by atomic mass is 10.2. The maximum Gasteiger partial charge on any atom is 0.317 e. The molecule has 1 fully saturated rings. The first-order valence-electron chi connectivity index (χ1n) is 9.92. The van der Waals surface area contributed by atoms with Crippen molar-refractivity contribution in [1.82, 2.24) is 19.6 Å². The quantitative estimate of drug-likeness (QED) is 0.306. The van der Waals surface area contributed by atoms with Crippen LogP contribution in [0, 0.1) is 0 Å². The molecule has 34 heavy (non-hydrogen) atoms. The summed E-state index contributed by atoms with van der Waals surface area (Å²) in [5.74, 6) is -3.92. The lowest BCUT2D eigenvalue weighted by Gasteiger charge is -2.30. The van der Waals surface area contributed by atoms with E-state index in [9.17, 15) is 19.2 Å². The largest absolute Gasteiger partial charge is 0.480 e. The van der Waals surface area contributed by atoms with Crippen molar-refractivity contribution in [3.8, 4) is 0 Å². The molecule has 0 aliphatic carbocycles. The molecular formula is C18H36Cl4N4O8. The predicted molar refractivity (Wildman–Crippen MR) is 135 cm³/mol. The van der Waals surface area contributed by atoms with E-state index in [-0.39, 0.29) is 75.8 Å². The first kappa shape index (κ1) is 40.1. The summed E-state index contributed by atoms with van der Waals surface area (Å²) in [5, 5.41) is 36.5. The Morgan fingerprint density at radius 1 is 0.412 bits per heavy atom. The number of hydrogen-bond donors (Lipinski definition) is 4. The fourth-order valence-electron chi connectivity index (χ4n) is 3.45. The van der Waals surface area contributed by atoms with Crippen LogP contribution in [0.15, 0.2) is 0 Å². The molecule has 12 nitrogen and oxygen atoms in total. The van der Waals surface area contributed by atoms with Crippen LogP contribution in [0.4, 0.5) is 0 Å². The van der Waals surface area contributed by atoms with Crippen molar-refractivity contribution < 1.29 is 39.6 Å². The number of nitrogens with zero attached hydrogens (tertiary/aromatic N) is 4. The normalized spacial score (nSPS) is 17.4. The zero-order chi connectivity index (χ0) is 22.5. The van der Waals surface area contributed by atoms with E-state index >= 15 is 0 Å². The molecule has 1 aliphatic rings. The summed E-state index contributed by atoms with van der Waals surface area (Å²) in [6.45, 7) is 2.52. The zero-order valence-electron chi connectivity index (χ0n) is 18.7. The highest BCUT2D eigenvalue weighted by molar-refractivity contribution is 5.86. The number of carboxylic acid groups (broad SMARTS) is 4. The Kier molecular flexibility index (Phi) is 26.3. The van der Waals surface area contributed by atoms with Crippen molar-refractivity contribution >= 4 is 73.5 Å². The summed E-state index contributed by atoms with van der Waals surface area (Å²) in [7, 11) is 0. The van der Waals surface area contributed by atoms with E-state index in [0.29, 0.717) is 65.2 Å². The highest BCUT2D eigenvalue weighted by Gasteiger charge is 2.18. The first-order valence-corrected chi connectivity index (χ1v) is 9.92. The van der Waals surface area contributed by atoms with Crippen LogP contribution in [-0.4, -0.2) is 142 Å². The zero-order valence-corrected chi connectivity index (χ0v) is 22.0. The van der Waals surface area contributed by atoms with Gasteiger partial charge in [-0.1, -0.05) is 0 Å². The van der Waals surface area contributed by atoms with Crippen LogP contribution in [0.25, 0.3) is 0 Å². The predicted octanol–water partition coefficient (Wildman–Crippen LogP) is 0.0138. The van der Waals surface area contributed by atoms with Crippen LogP contribution in [0.5, 0.6) is 0 Å². The van der Waals surface area contributed by atoms with Crippen molar-refractivity contribution in [3.63, 3.8) is 0 Å². The molecule has 204 valence electrons. The molecule has 1 rings (SSSR count). The Labute approximate surface area is 223 Å². The molecule has 1 aliphatic heterocycles. The van der Waals surface area contributed by atoms with E-state index in [0.717, 1.165) is 0 Å². The van der Waals surface area contributed by atoms with Crippen molar-refractivity contribution in [1.29, 1.82) is 0 Å². The van der Waals surface area contributed by atoms with Crippen LogP contribution in [0.2, 0.25) is 0 Å². The maximum absolute atomic E-state index is 11.1. The summed E-state index contributed by atoms with van der Waals surface area (Å²) >= 11 is 0. The second-order valence-corrected chi connectivity index (χ2v) is 7.39. The molecule has 16 heteroatoms. The van der Waals surface area contributed by atoms with E-state index in [2.05, 4.69) is 0 Å². The van der Waals surface area contributed by atoms with E-state index < -0.39 is 23.9 Å². The number of aliphatic carboxylic acids is 4. The Bertz CT molecular complexity index is 508. The van der Waals surface area contributed by atoms with Gasteiger partial charge in [0.2, 0.25) is 0 Å². The molecular weight excluding hydrogens is 542 g/mol. The highest BCUT2D eigenvalue weighted by atomic mass is 35.5. The molecule has 1 heterocycles. The first-order chi connectivity index (χ1) is 14.2. The molecule has 4 N–H and O–H groups in total. The summed E-state index contributed by atoms with van der Waals surface area (Å²) < 4.78 is 0. The third-order valence-corrected chi connectivity index (χ3v) is 4.80. The van der Waals surface area contributed by atoms with Gasteiger partial charge in [-0.2, -0.15) is 0 Å². The Morgan fingerprint density at radius 3 is 0.735 bits per heavy atom. The monoisotopic (exact) mass is 576 g/mol. The number of hydrogen-bond acceptors (Lipinski definition) is 8. The molecule has 0 amide bonds. The number of carbonyl (C=O) groups is 4. The third kappa shape index (κ3) is 20.3. The minimum atomic E-state index is -0.979. The Balaban J connectivity index is -0.00000112. The van der Waals surface area contributed by atoms with Gasteiger partial charge in [0.1, 0.15) is 0 Å². The summed E-state index contributed by atoms with van der Waals surface area (Å²) in [5.41, 5.74) is 0. The van der Waals surface area contributed by atoms with Crippen LogP contribution < -0.4 is 0 Å². The minimum Gasteiger partial charge on any atom is -0.480 e. The average Bonchev–Trinajstić information content (AvgIpc) is 2.60. The topological polar surface area (TPSA) is 162 Å². The molecule has 0 aromatic carbocycles. The molecule has 0 aromatic heterocycles. The molecule has 0 aromatic rings. The van der Waals surface area contributed by atoms with Crippen LogP contribution in [0.1, 0.15) is 12.8 Å². The third-order valence-electron chi connectivity index (χ3n) is 4.80. The lowest BCUT2D eigenvalue weighted by molar-refractivity contribution is -0.140. The van der Waals surface area contributed by atoms with Gasteiger partial charge in [-0.15, -0.1) is 49.6 Å². The molecule has 0 spiro atoms. The SMILES string of the molecule is Cl.Cl.Cl.Cl.O=C(O)CN1CCCN(CC(=O)O)CCN(CC(=O)O)CCCN(CC(=O)O)CC1.